The Bertz CT molecular complexity index is 589. The van der Waals surface area contributed by atoms with E-state index in [1.807, 2.05) is 28.6 Å². The zero-order chi connectivity index (χ0) is 13.2. The first kappa shape index (κ1) is 12.4. The second-order valence-corrected chi connectivity index (χ2v) is 5.27. The summed E-state index contributed by atoms with van der Waals surface area (Å²) < 4.78 is 7.36. The zero-order valence-corrected chi connectivity index (χ0v) is 11.5. The number of thiophene rings is 1. The molecule has 2 aromatic heterocycles. The van der Waals surface area contributed by atoms with Crippen LogP contribution < -0.4 is 5.32 Å². The molecule has 0 saturated carbocycles. The van der Waals surface area contributed by atoms with Crippen LogP contribution in [-0.4, -0.2) is 22.3 Å². The lowest BCUT2D eigenvalue weighted by Gasteiger charge is -2.13. The second kappa shape index (κ2) is 5.14. The summed E-state index contributed by atoms with van der Waals surface area (Å²) in [6, 6.07) is 1.82. The van der Waals surface area contributed by atoms with Gasteiger partial charge in [0, 0.05) is 35.7 Å². The van der Waals surface area contributed by atoms with Crippen molar-refractivity contribution in [3.05, 3.63) is 39.3 Å². The van der Waals surface area contributed by atoms with Crippen molar-refractivity contribution in [3.8, 4) is 0 Å². The SMILES string of the molecule is Cn1nc(CNC(=O)c2ccsc2)c2c1CCOC2. The van der Waals surface area contributed by atoms with Gasteiger partial charge in [-0.2, -0.15) is 16.4 Å². The number of ether oxygens (including phenoxy) is 1. The van der Waals surface area contributed by atoms with Gasteiger partial charge in [0.05, 0.1) is 25.5 Å². The van der Waals surface area contributed by atoms with E-state index in [1.165, 1.54) is 17.0 Å². The summed E-state index contributed by atoms with van der Waals surface area (Å²) in [6.07, 6.45) is 0.886. The molecule has 5 nitrogen and oxygen atoms in total. The van der Waals surface area contributed by atoms with Gasteiger partial charge in [0.25, 0.3) is 5.91 Å². The highest BCUT2D eigenvalue weighted by Crippen LogP contribution is 2.20. The third-order valence-electron chi connectivity index (χ3n) is 3.29. The zero-order valence-electron chi connectivity index (χ0n) is 10.7. The number of hydrogen-bond donors (Lipinski definition) is 1. The highest BCUT2D eigenvalue weighted by Gasteiger charge is 2.20. The number of carbonyl (C=O) groups is 1. The highest BCUT2D eigenvalue weighted by molar-refractivity contribution is 7.08. The van der Waals surface area contributed by atoms with Gasteiger partial charge < -0.3 is 10.1 Å². The number of rotatable bonds is 3. The van der Waals surface area contributed by atoms with Crippen molar-refractivity contribution in [2.75, 3.05) is 6.61 Å². The van der Waals surface area contributed by atoms with E-state index >= 15 is 0 Å². The minimum atomic E-state index is -0.0580. The van der Waals surface area contributed by atoms with Gasteiger partial charge >= 0.3 is 0 Å². The first-order valence-corrected chi connectivity index (χ1v) is 7.12. The fraction of sp³-hybridized carbons (Fsp3) is 0.385. The van der Waals surface area contributed by atoms with Crippen LogP contribution in [0.15, 0.2) is 16.8 Å². The molecule has 1 N–H and O–H groups in total. The lowest BCUT2D eigenvalue weighted by molar-refractivity contribution is 0.0948. The van der Waals surface area contributed by atoms with Crippen molar-refractivity contribution in [3.63, 3.8) is 0 Å². The third kappa shape index (κ3) is 2.41. The average Bonchev–Trinajstić information content (AvgIpc) is 3.06. The molecule has 0 radical (unpaired) electrons. The maximum atomic E-state index is 11.9. The van der Waals surface area contributed by atoms with Crippen LogP contribution in [0.4, 0.5) is 0 Å². The van der Waals surface area contributed by atoms with Gasteiger partial charge in [-0.1, -0.05) is 0 Å². The summed E-state index contributed by atoms with van der Waals surface area (Å²) in [5.74, 6) is -0.0580. The fourth-order valence-corrected chi connectivity index (χ4v) is 2.92. The monoisotopic (exact) mass is 277 g/mol. The normalized spacial score (nSPS) is 14.2. The van der Waals surface area contributed by atoms with E-state index in [-0.39, 0.29) is 5.91 Å². The van der Waals surface area contributed by atoms with Crippen LogP contribution in [0.1, 0.15) is 27.3 Å². The van der Waals surface area contributed by atoms with Crippen LogP contribution in [-0.2, 0) is 31.4 Å². The van der Waals surface area contributed by atoms with E-state index in [1.54, 1.807) is 0 Å². The minimum Gasteiger partial charge on any atom is -0.376 e. The van der Waals surface area contributed by atoms with E-state index in [0.29, 0.717) is 18.7 Å². The van der Waals surface area contributed by atoms with Gasteiger partial charge in [0.1, 0.15) is 0 Å². The molecule has 1 aliphatic heterocycles. The van der Waals surface area contributed by atoms with Crippen molar-refractivity contribution in [1.29, 1.82) is 0 Å². The minimum absolute atomic E-state index is 0.0580. The van der Waals surface area contributed by atoms with Crippen LogP contribution in [0.2, 0.25) is 0 Å². The molecule has 1 aliphatic rings. The summed E-state index contributed by atoms with van der Waals surface area (Å²) in [5.41, 5.74) is 3.94. The molecule has 100 valence electrons. The number of aryl methyl sites for hydroxylation is 1. The standard InChI is InChI=1S/C13H15N3O2S/c1-16-12-2-4-18-7-10(12)11(15-16)6-14-13(17)9-3-5-19-8-9/h3,5,8H,2,4,6-7H2,1H3,(H,14,17). The Balaban J connectivity index is 1.72. The Morgan fingerprint density at radius 3 is 3.32 bits per heavy atom. The van der Waals surface area contributed by atoms with Crippen molar-refractivity contribution < 1.29 is 9.53 Å². The molecule has 3 rings (SSSR count). The van der Waals surface area contributed by atoms with Crippen molar-refractivity contribution in [2.45, 2.75) is 19.6 Å². The molecule has 6 heteroatoms. The summed E-state index contributed by atoms with van der Waals surface area (Å²) in [5, 5.41) is 11.1. The number of hydrogen-bond acceptors (Lipinski definition) is 4. The molecule has 0 spiro atoms. The maximum absolute atomic E-state index is 11.9. The van der Waals surface area contributed by atoms with E-state index in [0.717, 1.165) is 24.3 Å². The van der Waals surface area contributed by atoms with Gasteiger partial charge in [-0.25, -0.2) is 0 Å². The number of nitrogens with one attached hydrogen (secondary N) is 1. The van der Waals surface area contributed by atoms with Crippen LogP contribution in [0.5, 0.6) is 0 Å². The second-order valence-electron chi connectivity index (χ2n) is 4.49. The predicted molar refractivity (Wildman–Crippen MR) is 72.1 cm³/mol. The van der Waals surface area contributed by atoms with E-state index < -0.39 is 0 Å². The Morgan fingerprint density at radius 2 is 2.53 bits per heavy atom. The van der Waals surface area contributed by atoms with Gasteiger partial charge in [-0.3, -0.25) is 9.48 Å². The summed E-state index contributed by atoms with van der Waals surface area (Å²) in [7, 11) is 1.94. The summed E-state index contributed by atoms with van der Waals surface area (Å²) in [6.45, 7) is 1.78. The van der Waals surface area contributed by atoms with Crippen LogP contribution in [0.3, 0.4) is 0 Å². The topological polar surface area (TPSA) is 56.2 Å². The molecule has 3 heterocycles. The molecule has 0 aromatic carbocycles. The molecule has 19 heavy (non-hydrogen) atoms. The molecule has 0 aliphatic carbocycles. The molecular weight excluding hydrogens is 262 g/mol. The Morgan fingerprint density at radius 1 is 1.63 bits per heavy atom. The van der Waals surface area contributed by atoms with Crippen molar-refractivity contribution in [1.82, 2.24) is 15.1 Å². The molecular formula is C13H15N3O2S. The number of amides is 1. The number of nitrogens with zero attached hydrogens (tertiary/aromatic N) is 2. The van der Waals surface area contributed by atoms with Gasteiger partial charge in [-0.15, -0.1) is 0 Å². The third-order valence-corrected chi connectivity index (χ3v) is 3.97. The smallest absolute Gasteiger partial charge is 0.252 e. The first-order valence-electron chi connectivity index (χ1n) is 6.17. The molecule has 0 saturated heterocycles. The molecule has 1 amide bonds. The predicted octanol–water partition coefficient (Wildman–Crippen LogP) is 1.48. The van der Waals surface area contributed by atoms with Gasteiger partial charge in [0.15, 0.2) is 0 Å². The van der Waals surface area contributed by atoms with Gasteiger partial charge in [-0.05, 0) is 11.4 Å². The van der Waals surface area contributed by atoms with Crippen LogP contribution >= 0.6 is 11.3 Å². The van der Waals surface area contributed by atoms with Crippen molar-refractivity contribution >= 4 is 17.2 Å². The van der Waals surface area contributed by atoms with E-state index in [2.05, 4.69) is 10.4 Å². The van der Waals surface area contributed by atoms with E-state index in [9.17, 15) is 4.79 Å². The lowest BCUT2D eigenvalue weighted by Crippen LogP contribution is -2.23. The van der Waals surface area contributed by atoms with Crippen LogP contribution in [0.25, 0.3) is 0 Å². The Labute approximate surface area is 115 Å². The number of aromatic nitrogens is 2. The molecule has 0 unspecified atom stereocenters. The van der Waals surface area contributed by atoms with Crippen molar-refractivity contribution in [2.24, 2.45) is 7.05 Å². The number of carbonyl (C=O) groups excluding carboxylic acids is 1. The van der Waals surface area contributed by atoms with E-state index in [4.69, 9.17) is 4.74 Å². The summed E-state index contributed by atoms with van der Waals surface area (Å²) >= 11 is 1.52. The maximum Gasteiger partial charge on any atom is 0.252 e. The lowest BCUT2D eigenvalue weighted by atomic mass is 10.1. The first-order chi connectivity index (χ1) is 9.25. The molecule has 0 bridgehead atoms. The quantitative estimate of drug-likeness (QED) is 0.924. The Kier molecular flexibility index (Phi) is 3.35. The Hall–Kier alpha value is -1.66. The average molecular weight is 277 g/mol. The number of fused-ring (bicyclic) bond motifs is 1. The highest BCUT2D eigenvalue weighted by atomic mass is 32.1. The van der Waals surface area contributed by atoms with Crippen LogP contribution in [0, 0.1) is 0 Å². The molecule has 0 fully saturated rings. The van der Waals surface area contributed by atoms with Gasteiger partial charge in [0.2, 0.25) is 0 Å². The fourth-order valence-electron chi connectivity index (χ4n) is 2.29. The summed E-state index contributed by atoms with van der Waals surface area (Å²) in [4.78, 5) is 11.9. The molecule has 0 atom stereocenters. The molecule has 2 aromatic rings. The largest absolute Gasteiger partial charge is 0.376 e.